The minimum Gasteiger partial charge on any atom is -0.325 e. The summed E-state index contributed by atoms with van der Waals surface area (Å²) in [6.45, 7) is 8.48. The lowest BCUT2D eigenvalue weighted by Gasteiger charge is -2.24. The van der Waals surface area contributed by atoms with Crippen molar-refractivity contribution in [3.63, 3.8) is 0 Å². The molecule has 2 saturated heterocycles. The lowest BCUT2D eigenvalue weighted by molar-refractivity contribution is -0.130. The molecule has 1 amide bonds. The Kier molecular flexibility index (Phi) is 3.82. The molecule has 92 valence electrons. The van der Waals surface area contributed by atoms with Gasteiger partial charge in [-0.05, 0) is 39.3 Å². The zero-order valence-corrected chi connectivity index (χ0v) is 10.4. The minimum atomic E-state index is 0.0496. The summed E-state index contributed by atoms with van der Waals surface area (Å²) in [5, 5.41) is 3.34. The minimum absolute atomic E-state index is 0.0496. The summed E-state index contributed by atoms with van der Waals surface area (Å²) in [5.41, 5.74) is 0. The highest BCUT2D eigenvalue weighted by molar-refractivity contribution is 5.84. The first kappa shape index (κ1) is 11.9. The van der Waals surface area contributed by atoms with Crippen molar-refractivity contribution in [1.29, 1.82) is 0 Å². The molecule has 2 aliphatic rings. The van der Waals surface area contributed by atoms with Gasteiger partial charge in [0.2, 0.25) is 5.91 Å². The maximum Gasteiger partial charge on any atom is 0.241 e. The number of rotatable bonds is 4. The van der Waals surface area contributed by atoms with Crippen LogP contribution >= 0.6 is 0 Å². The molecule has 0 spiro atoms. The Labute approximate surface area is 98.0 Å². The molecular weight excluding hydrogens is 202 g/mol. The van der Waals surface area contributed by atoms with Crippen LogP contribution in [-0.2, 0) is 4.79 Å². The van der Waals surface area contributed by atoms with Gasteiger partial charge < -0.3 is 9.80 Å². The summed E-state index contributed by atoms with van der Waals surface area (Å²) in [5.74, 6) is 0.286. The van der Waals surface area contributed by atoms with Crippen LogP contribution in [0.4, 0.5) is 0 Å². The monoisotopic (exact) mass is 225 g/mol. The van der Waals surface area contributed by atoms with Crippen LogP contribution in [0, 0.1) is 0 Å². The van der Waals surface area contributed by atoms with Crippen molar-refractivity contribution in [1.82, 2.24) is 15.1 Å². The highest BCUT2D eigenvalue weighted by Crippen LogP contribution is 2.13. The molecule has 2 rings (SSSR count). The van der Waals surface area contributed by atoms with Crippen LogP contribution in [0.3, 0.4) is 0 Å². The van der Waals surface area contributed by atoms with Crippen LogP contribution in [0.1, 0.15) is 33.1 Å². The number of likely N-dealkylation sites (tertiary alicyclic amines) is 1. The molecule has 2 fully saturated rings. The highest BCUT2D eigenvalue weighted by Gasteiger charge is 2.34. The van der Waals surface area contributed by atoms with Crippen molar-refractivity contribution < 1.29 is 4.79 Å². The topological polar surface area (TPSA) is 35.6 Å². The molecule has 0 aromatic heterocycles. The number of hydrogen-bond acceptors (Lipinski definition) is 3. The summed E-state index contributed by atoms with van der Waals surface area (Å²) in [4.78, 5) is 16.4. The Hall–Kier alpha value is -0.610. The second-order valence-electron chi connectivity index (χ2n) is 4.88. The van der Waals surface area contributed by atoms with Gasteiger partial charge in [0.1, 0.15) is 0 Å². The van der Waals surface area contributed by atoms with Crippen LogP contribution < -0.4 is 5.32 Å². The van der Waals surface area contributed by atoms with Gasteiger partial charge in [-0.25, -0.2) is 0 Å². The zero-order chi connectivity index (χ0) is 11.5. The standard InChI is InChI=1S/C12H23N3O/c1-3-11-12(16)15(10(2)13-11)9-8-14-6-4-5-7-14/h10-11,13H,3-9H2,1-2H3. The fourth-order valence-electron chi connectivity index (χ4n) is 2.70. The molecule has 2 atom stereocenters. The molecule has 2 aliphatic heterocycles. The van der Waals surface area contributed by atoms with Gasteiger partial charge in [-0.2, -0.15) is 0 Å². The van der Waals surface area contributed by atoms with Crippen LogP contribution in [0.15, 0.2) is 0 Å². The molecule has 2 unspecified atom stereocenters. The van der Waals surface area contributed by atoms with Gasteiger partial charge in [0, 0.05) is 13.1 Å². The maximum atomic E-state index is 12.0. The number of nitrogens with one attached hydrogen (secondary N) is 1. The fourth-order valence-corrected chi connectivity index (χ4v) is 2.70. The molecule has 16 heavy (non-hydrogen) atoms. The maximum absolute atomic E-state index is 12.0. The first-order valence-electron chi connectivity index (χ1n) is 6.51. The van der Waals surface area contributed by atoms with E-state index >= 15 is 0 Å². The SMILES string of the molecule is CCC1NC(C)N(CCN2CCCC2)C1=O. The van der Waals surface area contributed by atoms with Crippen LogP contribution in [-0.4, -0.2) is 54.1 Å². The molecule has 4 nitrogen and oxygen atoms in total. The summed E-state index contributed by atoms with van der Waals surface area (Å²) in [6.07, 6.45) is 3.74. The Morgan fingerprint density at radius 1 is 1.31 bits per heavy atom. The van der Waals surface area contributed by atoms with E-state index in [0.717, 1.165) is 19.5 Å². The van der Waals surface area contributed by atoms with Crippen LogP contribution in [0.2, 0.25) is 0 Å². The van der Waals surface area contributed by atoms with E-state index in [1.54, 1.807) is 0 Å². The van der Waals surface area contributed by atoms with Crippen LogP contribution in [0.25, 0.3) is 0 Å². The molecule has 0 aromatic rings. The zero-order valence-electron chi connectivity index (χ0n) is 10.4. The predicted octanol–water partition coefficient (Wildman–Crippen LogP) is 0.639. The third-order valence-electron chi connectivity index (χ3n) is 3.76. The van der Waals surface area contributed by atoms with Gasteiger partial charge >= 0.3 is 0 Å². The van der Waals surface area contributed by atoms with Gasteiger partial charge in [0.15, 0.2) is 0 Å². The van der Waals surface area contributed by atoms with Gasteiger partial charge in [0.05, 0.1) is 12.2 Å². The second kappa shape index (κ2) is 5.15. The van der Waals surface area contributed by atoms with E-state index in [2.05, 4.69) is 24.1 Å². The molecule has 0 aliphatic carbocycles. The third-order valence-corrected chi connectivity index (χ3v) is 3.76. The van der Waals surface area contributed by atoms with E-state index in [-0.39, 0.29) is 18.1 Å². The Balaban J connectivity index is 1.82. The summed E-state index contributed by atoms with van der Waals surface area (Å²) in [6, 6.07) is 0.0496. The normalized spacial score (nSPS) is 31.6. The molecule has 2 heterocycles. The van der Waals surface area contributed by atoms with E-state index in [1.807, 2.05) is 4.90 Å². The number of amides is 1. The lowest BCUT2D eigenvalue weighted by Crippen LogP contribution is -2.40. The van der Waals surface area contributed by atoms with E-state index in [4.69, 9.17) is 0 Å². The average molecular weight is 225 g/mol. The van der Waals surface area contributed by atoms with Crippen molar-refractivity contribution in [3.05, 3.63) is 0 Å². The number of carbonyl (C=O) groups excluding carboxylic acids is 1. The van der Waals surface area contributed by atoms with Crippen molar-refractivity contribution >= 4 is 5.91 Å². The lowest BCUT2D eigenvalue weighted by atomic mass is 10.2. The molecule has 0 radical (unpaired) electrons. The van der Waals surface area contributed by atoms with Gasteiger partial charge in [0.25, 0.3) is 0 Å². The Morgan fingerprint density at radius 3 is 2.56 bits per heavy atom. The van der Waals surface area contributed by atoms with E-state index in [0.29, 0.717) is 0 Å². The molecule has 0 aromatic carbocycles. The van der Waals surface area contributed by atoms with Gasteiger partial charge in [-0.15, -0.1) is 0 Å². The predicted molar refractivity (Wildman–Crippen MR) is 64.1 cm³/mol. The quantitative estimate of drug-likeness (QED) is 0.762. The third kappa shape index (κ3) is 2.38. The first-order valence-corrected chi connectivity index (χ1v) is 6.51. The molecule has 1 N–H and O–H groups in total. The Bertz CT molecular complexity index is 251. The smallest absolute Gasteiger partial charge is 0.241 e. The molecule has 0 bridgehead atoms. The van der Waals surface area contributed by atoms with E-state index in [9.17, 15) is 4.79 Å². The largest absolute Gasteiger partial charge is 0.325 e. The van der Waals surface area contributed by atoms with E-state index < -0.39 is 0 Å². The Morgan fingerprint density at radius 2 is 2.00 bits per heavy atom. The van der Waals surface area contributed by atoms with Crippen molar-refractivity contribution in [3.8, 4) is 0 Å². The first-order chi connectivity index (χ1) is 7.72. The average Bonchev–Trinajstić information content (AvgIpc) is 2.86. The molecule has 4 heteroatoms. The summed E-state index contributed by atoms with van der Waals surface area (Å²) in [7, 11) is 0. The summed E-state index contributed by atoms with van der Waals surface area (Å²) >= 11 is 0. The number of nitrogens with zero attached hydrogens (tertiary/aromatic N) is 2. The van der Waals surface area contributed by atoms with Crippen molar-refractivity contribution in [2.45, 2.75) is 45.3 Å². The van der Waals surface area contributed by atoms with Crippen molar-refractivity contribution in [2.24, 2.45) is 0 Å². The van der Waals surface area contributed by atoms with E-state index in [1.165, 1.54) is 25.9 Å². The van der Waals surface area contributed by atoms with Crippen LogP contribution in [0.5, 0.6) is 0 Å². The number of hydrogen-bond donors (Lipinski definition) is 1. The second-order valence-corrected chi connectivity index (χ2v) is 4.88. The molecule has 0 saturated carbocycles. The number of carbonyl (C=O) groups is 1. The van der Waals surface area contributed by atoms with Crippen molar-refractivity contribution in [2.75, 3.05) is 26.2 Å². The molecular formula is C12H23N3O. The van der Waals surface area contributed by atoms with Gasteiger partial charge in [-0.1, -0.05) is 6.92 Å². The summed E-state index contributed by atoms with van der Waals surface area (Å²) < 4.78 is 0. The fraction of sp³-hybridized carbons (Fsp3) is 0.917. The highest BCUT2D eigenvalue weighted by atomic mass is 16.2. The van der Waals surface area contributed by atoms with Gasteiger partial charge in [-0.3, -0.25) is 10.1 Å².